The van der Waals surface area contributed by atoms with E-state index in [0.29, 0.717) is 18.3 Å². The minimum atomic E-state index is -0.152. The number of rotatable bonds is 7. The van der Waals surface area contributed by atoms with Crippen LogP contribution in [0.15, 0.2) is 59.9 Å². The number of aryl methyl sites for hydroxylation is 2. The fraction of sp³-hybridized carbons (Fsp3) is 0.227. The maximum Gasteiger partial charge on any atom is 0.335 e. The number of hydrogen-bond acceptors (Lipinski definition) is 7. The van der Waals surface area contributed by atoms with Gasteiger partial charge in [0.15, 0.2) is 0 Å². The van der Waals surface area contributed by atoms with E-state index in [4.69, 9.17) is 0 Å². The second kappa shape index (κ2) is 8.61. The van der Waals surface area contributed by atoms with Gasteiger partial charge >= 0.3 is 5.69 Å². The molecule has 0 unspecified atom stereocenters. The number of nitrogens with one attached hydrogen (secondary N) is 1. The molecular formula is C22H22N10O. The van der Waals surface area contributed by atoms with E-state index >= 15 is 0 Å². The van der Waals surface area contributed by atoms with Crippen molar-refractivity contribution < 1.29 is 0 Å². The SMILES string of the molecule is CCCc1cn(-c2nncn2C)c(=O)n1Cc1ccc(-c2ccccc2-c2nn[nH]n2)nc1. The minimum Gasteiger partial charge on any atom is -0.302 e. The number of H-pyrrole nitrogens is 1. The Labute approximate surface area is 188 Å². The molecule has 0 spiro atoms. The lowest BCUT2D eigenvalue weighted by Crippen LogP contribution is -2.26. The summed E-state index contributed by atoms with van der Waals surface area (Å²) in [5.74, 6) is 1.000. The topological polar surface area (TPSA) is 125 Å². The molecule has 0 aliphatic heterocycles. The van der Waals surface area contributed by atoms with Crippen LogP contribution in [0.25, 0.3) is 28.6 Å². The van der Waals surface area contributed by atoms with Gasteiger partial charge in [-0.1, -0.05) is 43.7 Å². The number of aromatic nitrogens is 10. The maximum atomic E-state index is 13.2. The standard InChI is InChI=1S/C22H22N10O/c1-3-6-16-13-32(21-27-24-14-30(21)2)22(33)31(16)12-15-9-10-19(23-11-15)17-7-4-5-8-18(17)20-25-28-29-26-20/h4-5,7-11,13-14H,3,6,12H2,1-2H3,(H,25,26,28,29). The summed E-state index contributed by atoms with van der Waals surface area (Å²) < 4.78 is 5.03. The van der Waals surface area contributed by atoms with Crippen LogP contribution in [-0.2, 0) is 20.0 Å². The molecule has 0 radical (unpaired) electrons. The van der Waals surface area contributed by atoms with Crippen LogP contribution in [0, 0.1) is 0 Å². The van der Waals surface area contributed by atoms with E-state index in [1.807, 2.05) is 49.6 Å². The highest BCUT2D eigenvalue weighted by Crippen LogP contribution is 2.28. The Morgan fingerprint density at radius 1 is 1.06 bits per heavy atom. The van der Waals surface area contributed by atoms with Gasteiger partial charge in [0.2, 0.25) is 11.8 Å². The molecule has 0 bridgehead atoms. The van der Waals surface area contributed by atoms with Crippen molar-refractivity contribution >= 4 is 0 Å². The summed E-state index contributed by atoms with van der Waals surface area (Å²) in [6.07, 6.45) is 6.92. The molecule has 11 nitrogen and oxygen atoms in total. The maximum absolute atomic E-state index is 13.2. The van der Waals surface area contributed by atoms with Crippen LogP contribution in [0.3, 0.4) is 0 Å². The third kappa shape index (κ3) is 3.84. The number of tetrazole rings is 1. The number of imidazole rings is 1. The van der Waals surface area contributed by atoms with Crippen LogP contribution in [0.5, 0.6) is 0 Å². The zero-order valence-electron chi connectivity index (χ0n) is 18.3. The molecule has 1 N–H and O–H groups in total. The van der Waals surface area contributed by atoms with Gasteiger partial charge in [0.25, 0.3) is 0 Å². The molecule has 5 rings (SSSR count). The molecule has 11 heteroatoms. The van der Waals surface area contributed by atoms with E-state index in [9.17, 15) is 4.79 Å². The molecule has 1 aromatic carbocycles. The van der Waals surface area contributed by atoms with Crippen molar-refractivity contribution in [3.05, 3.63) is 76.9 Å². The zero-order valence-corrected chi connectivity index (χ0v) is 18.3. The molecule has 33 heavy (non-hydrogen) atoms. The fourth-order valence-corrected chi connectivity index (χ4v) is 3.83. The molecule has 0 aliphatic carbocycles. The minimum absolute atomic E-state index is 0.152. The molecule has 5 aromatic rings. The number of nitrogens with zero attached hydrogens (tertiary/aromatic N) is 9. The van der Waals surface area contributed by atoms with E-state index in [-0.39, 0.29) is 5.69 Å². The van der Waals surface area contributed by atoms with Crippen molar-refractivity contribution in [1.82, 2.24) is 49.5 Å². The third-order valence-corrected chi connectivity index (χ3v) is 5.43. The number of pyridine rings is 1. The van der Waals surface area contributed by atoms with Gasteiger partial charge in [0.05, 0.1) is 12.2 Å². The van der Waals surface area contributed by atoms with E-state index in [1.165, 1.54) is 0 Å². The van der Waals surface area contributed by atoms with Crippen LogP contribution >= 0.6 is 0 Å². The molecule has 0 fully saturated rings. The second-order valence-electron chi connectivity index (χ2n) is 7.68. The highest BCUT2D eigenvalue weighted by molar-refractivity contribution is 5.78. The van der Waals surface area contributed by atoms with Crippen molar-refractivity contribution in [2.45, 2.75) is 26.3 Å². The number of benzene rings is 1. The number of aromatic amines is 1. The van der Waals surface area contributed by atoms with Crippen LogP contribution < -0.4 is 5.69 Å². The van der Waals surface area contributed by atoms with Gasteiger partial charge in [-0.3, -0.25) is 9.55 Å². The monoisotopic (exact) mass is 442 g/mol. The first-order valence-electron chi connectivity index (χ1n) is 10.6. The summed E-state index contributed by atoms with van der Waals surface area (Å²) in [5.41, 5.74) is 4.25. The predicted octanol–water partition coefficient (Wildman–Crippen LogP) is 2.01. The Kier molecular flexibility index (Phi) is 5.35. The molecule has 0 aliphatic rings. The van der Waals surface area contributed by atoms with Gasteiger partial charge in [-0.25, -0.2) is 9.36 Å². The van der Waals surface area contributed by atoms with Gasteiger partial charge in [-0.2, -0.15) is 5.21 Å². The molecule has 166 valence electrons. The third-order valence-electron chi connectivity index (χ3n) is 5.43. The predicted molar refractivity (Wildman–Crippen MR) is 121 cm³/mol. The highest BCUT2D eigenvalue weighted by Gasteiger charge is 2.16. The molecule has 0 amide bonds. The summed E-state index contributed by atoms with van der Waals surface area (Å²) >= 11 is 0. The Balaban J connectivity index is 1.47. The van der Waals surface area contributed by atoms with Gasteiger partial charge < -0.3 is 4.57 Å². The van der Waals surface area contributed by atoms with Crippen molar-refractivity contribution in [1.29, 1.82) is 0 Å². The number of hydrogen-bond donors (Lipinski definition) is 1. The van der Waals surface area contributed by atoms with E-state index in [0.717, 1.165) is 40.9 Å². The van der Waals surface area contributed by atoms with Crippen molar-refractivity contribution in [2.75, 3.05) is 0 Å². The van der Waals surface area contributed by atoms with Crippen LogP contribution in [0.4, 0.5) is 0 Å². The average Bonchev–Trinajstić information content (AvgIpc) is 3.58. The van der Waals surface area contributed by atoms with Gasteiger partial charge in [-0.15, -0.1) is 20.4 Å². The molecular weight excluding hydrogens is 420 g/mol. The largest absolute Gasteiger partial charge is 0.335 e. The lowest BCUT2D eigenvalue weighted by atomic mass is 10.0. The Hall–Kier alpha value is -4.41. The Bertz CT molecular complexity index is 1430. The second-order valence-corrected chi connectivity index (χ2v) is 7.68. The molecule has 0 saturated heterocycles. The van der Waals surface area contributed by atoms with Crippen molar-refractivity contribution in [2.24, 2.45) is 7.05 Å². The zero-order chi connectivity index (χ0) is 22.8. The summed E-state index contributed by atoms with van der Waals surface area (Å²) in [4.78, 5) is 17.8. The van der Waals surface area contributed by atoms with Gasteiger partial charge in [0, 0.05) is 36.3 Å². The van der Waals surface area contributed by atoms with Crippen molar-refractivity contribution in [3.8, 4) is 28.6 Å². The molecule has 4 aromatic heterocycles. The van der Waals surface area contributed by atoms with Crippen LogP contribution in [0.1, 0.15) is 24.6 Å². The lowest BCUT2D eigenvalue weighted by molar-refractivity contribution is 0.681. The first kappa shape index (κ1) is 20.5. The van der Waals surface area contributed by atoms with Gasteiger partial charge in [0.1, 0.15) is 6.33 Å². The molecule has 0 saturated carbocycles. The first-order chi connectivity index (χ1) is 16.2. The van der Waals surface area contributed by atoms with Crippen molar-refractivity contribution in [3.63, 3.8) is 0 Å². The quantitative estimate of drug-likeness (QED) is 0.409. The summed E-state index contributed by atoms with van der Waals surface area (Å²) in [5, 5.41) is 22.3. The van der Waals surface area contributed by atoms with Gasteiger partial charge in [-0.05, 0) is 23.3 Å². The lowest BCUT2D eigenvalue weighted by Gasteiger charge is -2.09. The first-order valence-corrected chi connectivity index (χ1v) is 10.6. The highest BCUT2D eigenvalue weighted by atomic mass is 16.1. The normalized spacial score (nSPS) is 11.2. The summed E-state index contributed by atoms with van der Waals surface area (Å²) in [6, 6.07) is 11.7. The Morgan fingerprint density at radius 2 is 1.91 bits per heavy atom. The van der Waals surface area contributed by atoms with E-state index in [1.54, 1.807) is 26.2 Å². The molecule has 4 heterocycles. The summed E-state index contributed by atoms with van der Waals surface area (Å²) in [6.45, 7) is 2.50. The van der Waals surface area contributed by atoms with E-state index < -0.39 is 0 Å². The summed E-state index contributed by atoms with van der Waals surface area (Å²) in [7, 11) is 1.81. The van der Waals surface area contributed by atoms with Crippen LogP contribution in [0.2, 0.25) is 0 Å². The average molecular weight is 442 g/mol. The van der Waals surface area contributed by atoms with Crippen LogP contribution in [-0.4, -0.2) is 49.5 Å². The Morgan fingerprint density at radius 3 is 2.58 bits per heavy atom. The van der Waals surface area contributed by atoms with E-state index in [2.05, 4.69) is 42.7 Å². The fourth-order valence-electron chi connectivity index (χ4n) is 3.83. The molecule has 0 atom stereocenters. The smallest absolute Gasteiger partial charge is 0.302 e.